The summed E-state index contributed by atoms with van der Waals surface area (Å²) >= 11 is 0. The molecule has 2 aromatic heterocycles. The maximum atomic E-state index is 13.6. The van der Waals surface area contributed by atoms with Crippen molar-refractivity contribution in [1.29, 1.82) is 0 Å². The largest absolute Gasteiger partial charge is 0.326 e. The highest BCUT2D eigenvalue weighted by molar-refractivity contribution is 6.04. The van der Waals surface area contributed by atoms with Crippen LogP contribution in [0.2, 0.25) is 0 Å². The summed E-state index contributed by atoms with van der Waals surface area (Å²) in [6.45, 7) is 3.09. The van der Waals surface area contributed by atoms with E-state index in [0.29, 0.717) is 36.1 Å². The number of para-hydroxylation sites is 1. The molecule has 0 saturated heterocycles. The maximum absolute atomic E-state index is 13.6. The van der Waals surface area contributed by atoms with Gasteiger partial charge in [-0.25, -0.2) is 9.67 Å². The van der Waals surface area contributed by atoms with Gasteiger partial charge >= 0.3 is 0 Å². The first-order valence-corrected chi connectivity index (χ1v) is 9.66. The number of fused-ring (bicyclic) bond motifs is 2. The van der Waals surface area contributed by atoms with Crippen LogP contribution in [0.1, 0.15) is 33.6 Å². The highest BCUT2D eigenvalue weighted by atomic mass is 16.2. The van der Waals surface area contributed by atoms with E-state index in [9.17, 15) is 4.79 Å². The third-order valence-corrected chi connectivity index (χ3v) is 5.30. The SMILES string of the molecule is Cc1nc2n(n1)CCN(C(=O)c1cccc3nccnc13)[C@H]2Cc1ccccc1. The number of nitrogens with zero attached hydrogens (tertiary/aromatic N) is 6. The van der Waals surface area contributed by atoms with Crippen LogP contribution in [0.3, 0.4) is 0 Å². The van der Waals surface area contributed by atoms with Gasteiger partial charge in [-0.2, -0.15) is 5.10 Å². The third-order valence-electron chi connectivity index (χ3n) is 5.30. The second-order valence-corrected chi connectivity index (χ2v) is 7.17. The molecule has 1 aliphatic rings. The molecule has 29 heavy (non-hydrogen) atoms. The molecule has 0 N–H and O–H groups in total. The van der Waals surface area contributed by atoms with E-state index in [1.807, 2.05) is 52.9 Å². The molecule has 144 valence electrons. The predicted octanol–water partition coefficient (Wildman–Crippen LogP) is 2.97. The molecule has 0 bridgehead atoms. The molecule has 7 heteroatoms. The van der Waals surface area contributed by atoms with Gasteiger partial charge < -0.3 is 4.90 Å². The number of aromatic nitrogens is 5. The summed E-state index contributed by atoms with van der Waals surface area (Å²) in [6.07, 6.45) is 3.94. The zero-order valence-electron chi connectivity index (χ0n) is 16.1. The number of aryl methyl sites for hydroxylation is 1. The van der Waals surface area contributed by atoms with E-state index < -0.39 is 0 Å². The van der Waals surface area contributed by atoms with Gasteiger partial charge in [-0.15, -0.1) is 0 Å². The van der Waals surface area contributed by atoms with Crippen LogP contribution in [-0.4, -0.2) is 42.1 Å². The molecular formula is C22H20N6O. The van der Waals surface area contributed by atoms with Crippen molar-refractivity contribution in [3.63, 3.8) is 0 Å². The van der Waals surface area contributed by atoms with E-state index in [0.717, 1.165) is 17.2 Å². The molecule has 0 radical (unpaired) electrons. The van der Waals surface area contributed by atoms with E-state index in [1.54, 1.807) is 12.4 Å². The van der Waals surface area contributed by atoms with Gasteiger partial charge in [-0.05, 0) is 24.6 Å². The molecule has 5 rings (SSSR count). The number of carbonyl (C=O) groups is 1. The average Bonchev–Trinajstić information content (AvgIpc) is 3.14. The summed E-state index contributed by atoms with van der Waals surface area (Å²) in [7, 11) is 0. The Balaban J connectivity index is 1.57. The summed E-state index contributed by atoms with van der Waals surface area (Å²) < 4.78 is 1.93. The lowest BCUT2D eigenvalue weighted by atomic mass is 10.0. The van der Waals surface area contributed by atoms with Gasteiger partial charge in [0.25, 0.3) is 5.91 Å². The number of carbonyl (C=O) groups excluding carboxylic acids is 1. The molecule has 0 unspecified atom stereocenters. The van der Waals surface area contributed by atoms with Crippen molar-refractivity contribution in [2.24, 2.45) is 0 Å². The minimum atomic E-state index is -0.188. The van der Waals surface area contributed by atoms with Crippen LogP contribution in [0.5, 0.6) is 0 Å². The Morgan fingerprint density at radius 3 is 2.72 bits per heavy atom. The molecule has 4 aromatic rings. The van der Waals surface area contributed by atoms with Crippen molar-refractivity contribution >= 4 is 16.9 Å². The van der Waals surface area contributed by atoms with E-state index >= 15 is 0 Å². The fourth-order valence-corrected chi connectivity index (χ4v) is 3.98. The fourth-order valence-electron chi connectivity index (χ4n) is 3.98. The van der Waals surface area contributed by atoms with Crippen molar-refractivity contribution in [2.45, 2.75) is 25.9 Å². The summed E-state index contributed by atoms with van der Waals surface area (Å²) in [6, 6.07) is 15.5. The second-order valence-electron chi connectivity index (χ2n) is 7.17. The van der Waals surface area contributed by atoms with E-state index in [-0.39, 0.29) is 11.9 Å². The Kier molecular flexibility index (Phi) is 4.27. The Labute approximate surface area is 168 Å². The van der Waals surface area contributed by atoms with Crippen LogP contribution in [0.15, 0.2) is 60.9 Å². The van der Waals surface area contributed by atoms with Crippen molar-refractivity contribution in [1.82, 2.24) is 29.6 Å². The topological polar surface area (TPSA) is 76.8 Å². The molecule has 0 fully saturated rings. The molecule has 1 atom stereocenters. The Hall–Kier alpha value is -3.61. The van der Waals surface area contributed by atoms with Gasteiger partial charge in [0.1, 0.15) is 17.2 Å². The number of hydrogen-bond acceptors (Lipinski definition) is 5. The lowest BCUT2D eigenvalue weighted by molar-refractivity contribution is 0.0610. The zero-order valence-corrected chi connectivity index (χ0v) is 16.1. The van der Waals surface area contributed by atoms with Crippen LogP contribution in [0.25, 0.3) is 11.0 Å². The van der Waals surface area contributed by atoms with Crippen molar-refractivity contribution in [2.75, 3.05) is 6.54 Å². The standard InChI is InChI=1S/C22H20N6O/c1-15-25-21-19(14-16-6-3-2-4-7-16)27(12-13-28(21)26-15)22(29)17-8-5-9-18-20(17)24-11-10-23-18/h2-11,19H,12-14H2,1H3/t19-/m0/s1. The lowest BCUT2D eigenvalue weighted by Crippen LogP contribution is -2.43. The Morgan fingerprint density at radius 2 is 1.86 bits per heavy atom. The van der Waals surface area contributed by atoms with Gasteiger partial charge in [0.05, 0.1) is 23.7 Å². The molecule has 7 nitrogen and oxygen atoms in total. The number of hydrogen-bond donors (Lipinski definition) is 0. The maximum Gasteiger partial charge on any atom is 0.256 e. The molecule has 0 spiro atoms. The number of rotatable bonds is 3. The highest BCUT2D eigenvalue weighted by Gasteiger charge is 2.34. The first-order chi connectivity index (χ1) is 14.2. The molecule has 0 saturated carbocycles. The quantitative estimate of drug-likeness (QED) is 0.543. The molecular weight excluding hydrogens is 364 g/mol. The first kappa shape index (κ1) is 17.5. The van der Waals surface area contributed by atoms with Crippen LogP contribution >= 0.6 is 0 Å². The lowest BCUT2D eigenvalue weighted by Gasteiger charge is -2.35. The van der Waals surface area contributed by atoms with Gasteiger partial charge in [-0.1, -0.05) is 36.4 Å². The van der Waals surface area contributed by atoms with Crippen molar-refractivity contribution < 1.29 is 4.79 Å². The van der Waals surface area contributed by atoms with Crippen LogP contribution in [0.4, 0.5) is 0 Å². The Morgan fingerprint density at radius 1 is 1.03 bits per heavy atom. The van der Waals surface area contributed by atoms with Crippen LogP contribution < -0.4 is 0 Å². The fraction of sp³-hybridized carbons (Fsp3) is 0.227. The van der Waals surface area contributed by atoms with E-state index in [4.69, 9.17) is 0 Å². The summed E-state index contributed by atoms with van der Waals surface area (Å²) in [5.74, 6) is 1.50. The third kappa shape index (κ3) is 3.14. The van der Waals surface area contributed by atoms with Gasteiger partial charge in [0.15, 0.2) is 0 Å². The molecule has 1 aliphatic heterocycles. The van der Waals surface area contributed by atoms with E-state index in [2.05, 4.69) is 32.2 Å². The normalized spacial score (nSPS) is 16.0. The summed E-state index contributed by atoms with van der Waals surface area (Å²) in [5, 5.41) is 4.50. The van der Waals surface area contributed by atoms with Gasteiger partial charge in [0.2, 0.25) is 0 Å². The van der Waals surface area contributed by atoms with Crippen LogP contribution in [0, 0.1) is 6.92 Å². The van der Waals surface area contributed by atoms with Gasteiger partial charge in [0, 0.05) is 25.4 Å². The molecule has 2 aromatic carbocycles. The number of benzene rings is 2. The van der Waals surface area contributed by atoms with Crippen LogP contribution in [-0.2, 0) is 13.0 Å². The number of amides is 1. The highest BCUT2D eigenvalue weighted by Crippen LogP contribution is 2.30. The second kappa shape index (κ2) is 7.09. The summed E-state index contributed by atoms with van der Waals surface area (Å²) in [5.41, 5.74) is 3.07. The molecule has 0 aliphatic carbocycles. The minimum absolute atomic E-state index is 0.0519. The predicted molar refractivity (Wildman–Crippen MR) is 108 cm³/mol. The average molecular weight is 384 g/mol. The van der Waals surface area contributed by atoms with Crippen molar-refractivity contribution in [3.05, 3.63) is 83.7 Å². The van der Waals surface area contributed by atoms with Gasteiger partial charge in [-0.3, -0.25) is 14.8 Å². The summed E-state index contributed by atoms with van der Waals surface area (Å²) in [4.78, 5) is 28.9. The first-order valence-electron chi connectivity index (χ1n) is 9.66. The molecule has 1 amide bonds. The Bertz CT molecular complexity index is 1180. The molecule has 3 heterocycles. The monoisotopic (exact) mass is 384 g/mol. The zero-order chi connectivity index (χ0) is 19.8. The smallest absolute Gasteiger partial charge is 0.256 e. The van der Waals surface area contributed by atoms with E-state index in [1.165, 1.54) is 0 Å². The minimum Gasteiger partial charge on any atom is -0.326 e. The van der Waals surface area contributed by atoms with Crippen molar-refractivity contribution in [3.8, 4) is 0 Å².